The van der Waals surface area contributed by atoms with Gasteiger partial charge >= 0.3 is 0 Å². The van der Waals surface area contributed by atoms with Gasteiger partial charge in [0.15, 0.2) is 0 Å². The highest BCUT2D eigenvalue weighted by Crippen LogP contribution is 2.33. The fourth-order valence-electron chi connectivity index (χ4n) is 2.45. The van der Waals surface area contributed by atoms with Gasteiger partial charge in [-0.1, -0.05) is 62.4 Å². The van der Waals surface area contributed by atoms with Gasteiger partial charge in [0, 0.05) is 6.54 Å². The molecule has 0 saturated heterocycles. The van der Waals surface area contributed by atoms with Crippen molar-refractivity contribution in [2.24, 2.45) is 5.92 Å². The first-order chi connectivity index (χ1) is 11.7. The van der Waals surface area contributed by atoms with Crippen molar-refractivity contribution in [2.45, 2.75) is 39.5 Å². The van der Waals surface area contributed by atoms with Gasteiger partial charge in [-0.3, -0.25) is 9.10 Å². The first kappa shape index (κ1) is 22.1. The van der Waals surface area contributed by atoms with Crippen molar-refractivity contribution < 1.29 is 13.2 Å². The van der Waals surface area contributed by atoms with Gasteiger partial charge in [-0.2, -0.15) is 0 Å². The van der Waals surface area contributed by atoms with Gasteiger partial charge in [-0.15, -0.1) is 0 Å². The highest BCUT2D eigenvalue weighted by atomic mass is 35.5. The summed E-state index contributed by atoms with van der Waals surface area (Å²) in [5.74, 6) is 0.0294. The van der Waals surface area contributed by atoms with E-state index in [0.29, 0.717) is 12.5 Å². The number of carbonyl (C=O) groups excluding carboxylic acids is 1. The molecule has 0 bridgehead atoms. The fraction of sp³-hybridized carbons (Fsp3) is 0.588. The minimum absolute atomic E-state index is 0.108. The van der Waals surface area contributed by atoms with Crippen LogP contribution in [-0.4, -0.2) is 33.7 Å². The second-order valence-corrected chi connectivity index (χ2v) is 8.76. The second kappa shape index (κ2) is 10.2. The number of sulfonamides is 1. The summed E-state index contributed by atoms with van der Waals surface area (Å²) in [6, 6.07) is 4.68. The van der Waals surface area contributed by atoms with E-state index in [2.05, 4.69) is 19.2 Å². The van der Waals surface area contributed by atoms with Crippen molar-refractivity contribution >= 4 is 44.8 Å². The maximum atomic E-state index is 12.3. The largest absolute Gasteiger partial charge is 0.354 e. The van der Waals surface area contributed by atoms with E-state index >= 15 is 0 Å². The van der Waals surface area contributed by atoms with Crippen molar-refractivity contribution in [1.29, 1.82) is 0 Å². The molecule has 0 saturated carbocycles. The summed E-state index contributed by atoms with van der Waals surface area (Å²) in [4.78, 5) is 12.3. The average Bonchev–Trinajstić information content (AvgIpc) is 2.55. The molecule has 1 atom stereocenters. The third-order valence-electron chi connectivity index (χ3n) is 4.02. The molecule has 0 spiro atoms. The molecule has 0 radical (unpaired) electrons. The predicted octanol–water partition coefficient (Wildman–Crippen LogP) is 4.09. The third-order valence-corrected chi connectivity index (χ3v) is 5.95. The number of unbranched alkanes of at least 4 members (excludes halogenated alkanes) is 1. The van der Waals surface area contributed by atoms with Gasteiger partial charge in [0.25, 0.3) is 0 Å². The topological polar surface area (TPSA) is 66.5 Å². The molecule has 0 fully saturated rings. The molecule has 0 aromatic heterocycles. The Labute approximate surface area is 160 Å². The normalized spacial score (nSPS) is 12.7. The Morgan fingerprint density at radius 3 is 2.52 bits per heavy atom. The minimum atomic E-state index is -3.68. The molecule has 25 heavy (non-hydrogen) atoms. The summed E-state index contributed by atoms with van der Waals surface area (Å²) in [5, 5.41) is 3.17. The Morgan fingerprint density at radius 1 is 1.28 bits per heavy atom. The molecular weight excluding hydrogens is 383 g/mol. The van der Waals surface area contributed by atoms with Crippen molar-refractivity contribution in [1.82, 2.24) is 5.32 Å². The maximum Gasteiger partial charge on any atom is 0.240 e. The maximum absolute atomic E-state index is 12.3. The Kier molecular flexibility index (Phi) is 9.03. The lowest BCUT2D eigenvalue weighted by atomic mass is 9.99. The Morgan fingerprint density at radius 2 is 1.96 bits per heavy atom. The zero-order valence-corrected chi connectivity index (χ0v) is 17.2. The van der Waals surface area contributed by atoms with Crippen LogP contribution in [0.15, 0.2) is 18.2 Å². The molecule has 1 amide bonds. The summed E-state index contributed by atoms with van der Waals surface area (Å²) >= 11 is 12.1. The van der Waals surface area contributed by atoms with Crippen molar-refractivity contribution in [3.05, 3.63) is 28.2 Å². The fourth-order valence-corrected chi connectivity index (χ4v) is 3.76. The van der Waals surface area contributed by atoms with Crippen LogP contribution in [-0.2, 0) is 14.8 Å². The molecule has 8 heteroatoms. The van der Waals surface area contributed by atoms with Crippen LogP contribution in [0.25, 0.3) is 0 Å². The van der Waals surface area contributed by atoms with Crippen LogP contribution < -0.4 is 9.62 Å². The van der Waals surface area contributed by atoms with Crippen molar-refractivity contribution in [3.63, 3.8) is 0 Å². The molecule has 1 rings (SSSR count). The van der Waals surface area contributed by atoms with Crippen LogP contribution in [0.5, 0.6) is 0 Å². The Bertz CT molecular complexity index is 680. The molecule has 1 N–H and O–H groups in total. The van der Waals surface area contributed by atoms with E-state index in [0.717, 1.165) is 36.2 Å². The number of rotatable bonds is 10. The van der Waals surface area contributed by atoms with Crippen LogP contribution in [0.3, 0.4) is 0 Å². The van der Waals surface area contributed by atoms with Gasteiger partial charge in [0.2, 0.25) is 15.9 Å². The van der Waals surface area contributed by atoms with Crippen molar-refractivity contribution in [2.75, 3.05) is 23.7 Å². The quantitative estimate of drug-likeness (QED) is 0.633. The van der Waals surface area contributed by atoms with Gasteiger partial charge < -0.3 is 5.32 Å². The summed E-state index contributed by atoms with van der Waals surface area (Å²) < 4.78 is 25.2. The number of amides is 1. The Hall–Kier alpha value is -0.980. The zero-order chi connectivity index (χ0) is 19.0. The summed E-state index contributed by atoms with van der Waals surface area (Å²) in [5.41, 5.74) is 0.199. The van der Waals surface area contributed by atoms with Crippen LogP contribution in [0.2, 0.25) is 10.0 Å². The van der Waals surface area contributed by atoms with E-state index in [4.69, 9.17) is 23.2 Å². The number of hydrogen-bond acceptors (Lipinski definition) is 3. The van der Waals surface area contributed by atoms with Crippen LogP contribution in [0.1, 0.15) is 39.5 Å². The SMILES string of the molecule is CCCC[C@H](CC)CNC(=O)CN(c1cccc(Cl)c1Cl)S(C)(=O)=O. The van der Waals surface area contributed by atoms with Gasteiger partial charge in [0.1, 0.15) is 6.54 Å². The van der Waals surface area contributed by atoms with E-state index in [-0.39, 0.29) is 28.2 Å². The molecular formula is C17H26Cl2N2O3S. The molecule has 1 aromatic rings. The van der Waals surface area contributed by atoms with E-state index in [9.17, 15) is 13.2 Å². The zero-order valence-electron chi connectivity index (χ0n) is 14.9. The highest BCUT2D eigenvalue weighted by molar-refractivity contribution is 7.92. The predicted molar refractivity (Wildman–Crippen MR) is 105 cm³/mol. The molecule has 0 aliphatic carbocycles. The van der Waals surface area contributed by atoms with E-state index < -0.39 is 10.0 Å². The lowest BCUT2D eigenvalue weighted by Gasteiger charge is -2.24. The lowest BCUT2D eigenvalue weighted by molar-refractivity contribution is -0.119. The highest BCUT2D eigenvalue weighted by Gasteiger charge is 2.24. The van der Waals surface area contributed by atoms with Crippen LogP contribution in [0.4, 0.5) is 5.69 Å². The molecule has 142 valence electrons. The molecule has 5 nitrogen and oxygen atoms in total. The number of benzene rings is 1. The molecule has 0 unspecified atom stereocenters. The molecule has 0 aliphatic rings. The monoisotopic (exact) mass is 408 g/mol. The molecule has 0 aliphatic heterocycles. The van der Waals surface area contributed by atoms with Gasteiger partial charge in [-0.25, -0.2) is 8.42 Å². The summed E-state index contributed by atoms with van der Waals surface area (Å²) in [7, 11) is -3.68. The molecule has 1 aromatic carbocycles. The van der Waals surface area contributed by atoms with Gasteiger partial charge in [0.05, 0.1) is 22.0 Å². The lowest BCUT2D eigenvalue weighted by Crippen LogP contribution is -2.41. The van der Waals surface area contributed by atoms with Gasteiger partial charge in [-0.05, 0) is 24.5 Å². The minimum Gasteiger partial charge on any atom is -0.354 e. The second-order valence-electron chi connectivity index (χ2n) is 6.06. The van der Waals surface area contributed by atoms with E-state index in [1.807, 2.05) is 0 Å². The number of nitrogens with zero attached hydrogens (tertiary/aromatic N) is 1. The third kappa shape index (κ3) is 7.04. The number of anilines is 1. The number of nitrogens with one attached hydrogen (secondary N) is 1. The first-order valence-corrected chi connectivity index (χ1v) is 11.0. The number of halogens is 2. The first-order valence-electron chi connectivity index (χ1n) is 8.39. The number of carbonyl (C=O) groups is 1. The standard InChI is InChI=1S/C17H26Cl2N2O3S/c1-4-6-8-13(5-2)11-20-16(22)12-21(25(3,23)24)15-10-7-9-14(18)17(15)19/h7,9-10,13H,4-6,8,11-12H2,1-3H3,(H,20,22)/t13-/m0/s1. The summed E-state index contributed by atoms with van der Waals surface area (Å²) in [6.07, 6.45) is 5.27. The number of hydrogen-bond donors (Lipinski definition) is 1. The van der Waals surface area contributed by atoms with E-state index in [1.54, 1.807) is 12.1 Å². The Balaban J connectivity index is 2.83. The van der Waals surface area contributed by atoms with Crippen molar-refractivity contribution in [3.8, 4) is 0 Å². The molecule has 0 heterocycles. The smallest absolute Gasteiger partial charge is 0.240 e. The summed E-state index contributed by atoms with van der Waals surface area (Å²) in [6.45, 7) is 4.42. The average molecular weight is 409 g/mol. The van der Waals surface area contributed by atoms with Crippen LogP contribution >= 0.6 is 23.2 Å². The van der Waals surface area contributed by atoms with E-state index in [1.165, 1.54) is 6.07 Å². The van der Waals surface area contributed by atoms with Crippen LogP contribution in [0, 0.1) is 5.92 Å².